The van der Waals surface area contributed by atoms with E-state index in [1.54, 1.807) is 27.0 Å². The number of sulfonamides is 1. The zero-order chi connectivity index (χ0) is 15.7. The van der Waals surface area contributed by atoms with Crippen molar-refractivity contribution in [2.45, 2.75) is 49.7 Å². The fraction of sp³-hybridized carbons (Fsp3) is 0.692. The van der Waals surface area contributed by atoms with Gasteiger partial charge in [0.05, 0.1) is 15.9 Å². The number of thiophene rings is 1. The summed E-state index contributed by atoms with van der Waals surface area (Å²) >= 11 is 4.82. The van der Waals surface area contributed by atoms with Crippen LogP contribution in [-0.2, 0) is 21.3 Å². The van der Waals surface area contributed by atoms with Gasteiger partial charge in [-0.3, -0.25) is 0 Å². The summed E-state index contributed by atoms with van der Waals surface area (Å²) in [5.41, 5.74) is -0.651. The maximum Gasteiger partial charge on any atom is 0.243 e. The van der Waals surface area contributed by atoms with Crippen molar-refractivity contribution >= 4 is 37.3 Å². The number of hydrogen-bond acceptors (Lipinski definition) is 5. The number of halogens is 1. The average Bonchev–Trinajstić information content (AvgIpc) is 3.07. The van der Waals surface area contributed by atoms with Gasteiger partial charge in [-0.25, -0.2) is 13.1 Å². The van der Waals surface area contributed by atoms with E-state index in [0.717, 1.165) is 4.88 Å². The van der Waals surface area contributed by atoms with Crippen molar-refractivity contribution in [3.8, 4) is 0 Å². The first-order valence-electron chi connectivity index (χ1n) is 6.78. The molecule has 1 aromatic rings. The molecule has 1 heterocycles. The molecule has 0 aliphatic heterocycles. The van der Waals surface area contributed by atoms with Gasteiger partial charge in [0.2, 0.25) is 10.0 Å². The lowest BCUT2D eigenvalue weighted by atomic mass is 10.1. The third-order valence-electron chi connectivity index (χ3n) is 3.05. The molecule has 0 aromatic carbocycles. The monoisotopic (exact) mass is 396 g/mol. The van der Waals surface area contributed by atoms with Crippen molar-refractivity contribution in [1.82, 2.24) is 10.0 Å². The zero-order valence-corrected chi connectivity index (χ0v) is 15.6. The van der Waals surface area contributed by atoms with Gasteiger partial charge in [0.25, 0.3) is 0 Å². The number of nitrogens with one attached hydrogen (secondary N) is 2. The molecule has 0 radical (unpaired) electrons. The van der Waals surface area contributed by atoms with E-state index in [-0.39, 0.29) is 0 Å². The second-order valence-corrected chi connectivity index (χ2v) is 10.0. The molecule has 21 heavy (non-hydrogen) atoms. The van der Waals surface area contributed by atoms with Gasteiger partial charge in [0.15, 0.2) is 0 Å². The Balaban J connectivity index is 2.11. The first kappa shape index (κ1) is 17.4. The van der Waals surface area contributed by atoms with Crippen LogP contribution < -0.4 is 10.0 Å². The fourth-order valence-electron chi connectivity index (χ4n) is 2.01. The van der Waals surface area contributed by atoms with Crippen LogP contribution in [0.4, 0.5) is 0 Å². The summed E-state index contributed by atoms with van der Waals surface area (Å²) in [6.07, 6.45) is 2.43. The molecule has 2 N–H and O–H groups in total. The van der Waals surface area contributed by atoms with Crippen molar-refractivity contribution in [3.63, 3.8) is 0 Å². The van der Waals surface area contributed by atoms with Crippen LogP contribution in [0.3, 0.4) is 0 Å². The normalized spacial score (nSPS) is 16.4. The summed E-state index contributed by atoms with van der Waals surface area (Å²) in [6, 6.07) is 2.33. The molecule has 1 aliphatic rings. The predicted molar refractivity (Wildman–Crippen MR) is 88.2 cm³/mol. The van der Waals surface area contributed by atoms with Crippen LogP contribution in [0.2, 0.25) is 0 Å². The van der Waals surface area contributed by atoms with E-state index in [4.69, 9.17) is 4.74 Å². The molecule has 0 atom stereocenters. The summed E-state index contributed by atoms with van der Waals surface area (Å²) < 4.78 is 33.4. The van der Waals surface area contributed by atoms with Crippen LogP contribution in [0.25, 0.3) is 0 Å². The highest BCUT2D eigenvalue weighted by atomic mass is 79.9. The number of methoxy groups -OCH3 is 1. The van der Waals surface area contributed by atoms with Crippen LogP contribution in [0.15, 0.2) is 14.7 Å². The van der Waals surface area contributed by atoms with E-state index in [1.165, 1.54) is 24.2 Å². The Morgan fingerprint density at radius 1 is 1.48 bits per heavy atom. The molecule has 1 saturated carbocycles. The molecule has 1 fully saturated rings. The Bertz CT molecular complexity index is 595. The molecular weight excluding hydrogens is 376 g/mol. The highest BCUT2D eigenvalue weighted by Crippen LogP contribution is 2.32. The van der Waals surface area contributed by atoms with Gasteiger partial charge in [-0.2, -0.15) is 0 Å². The molecule has 8 heteroatoms. The van der Waals surface area contributed by atoms with Crippen molar-refractivity contribution in [2.24, 2.45) is 0 Å². The minimum atomic E-state index is -3.57. The molecule has 5 nitrogen and oxygen atoms in total. The topological polar surface area (TPSA) is 67.4 Å². The molecular formula is C13H21BrN2O3S2. The van der Waals surface area contributed by atoms with E-state index >= 15 is 0 Å². The molecule has 0 spiro atoms. The lowest BCUT2D eigenvalue weighted by Gasteiger charge is -2.24. The van der Waals surface area contributed by atoms with E-state index in [2.05, 4.69) is 26.0 Å². The zero-order valence-electron chi connectivity index (χ0n) is 12.4. The van der Waals surface area contributed by atoms with Crippen LogP contribution in [0, 0.1) is 0 Å². The number of hydrogen-bond donors (Lipinski definition) is 2. The van der Waals surface area contributed by atoms with Gasteiger partial charge in [-0.1, -0.05) is 0 Å². The fourth-order valence-corrected chi connectivity index (χ4v) is 6.04. The van der Waals surface area contributed by atoms with Crippen LogP contribution in [0.5, 0.6) is 0 Å². The highest BCUT2D eigenvalue weighted by Gasteiger charge is 2.29. The average molecular weight is 397 g/mol. The van der Waals surface area contributed by atoms with Gasteiger partial charge < -0.3 is 10.1 Å². The molecule has 0 saturated heterocycles. The van der Waals surface area contributed by atoms with E-state index in [9.17, 15) is 8.42 Å². The van der Waals surface area contributed by atoms with Gasteiger partial charge >= 0.3 is 0 Å². The van der Waals surface area contributed by atoms with Crippen molar-refractivity contribution in [2.75, 3.05) is 13.7 Å². The maximum atomic E-state index is 12.5. The Labute approximate surface area is 138 Å². The largest absolute Gasteiger partial charge is 0.383 e. The summed E-state index contributed by atoms with van der Waals surface area (Å²) in [4.78, 5) is 1.31. The molecule has 2 rings (SSSR count). The predicted octanol–water partition coefficient (Wildman–Crippen LogP) is 2.47. The Kier molecular flexibility index (Phi) is 5.49. The molecule has 0 unspecified atom stereocenters. The van der Waals surface area contributed by atoms with Crippen LogP contribution in [-0.4, -0.2) is 33.7 Å². The molecule has 0 amide bonds. The maximum absolute atomic E-state index is 12.5. The van der Waals surface area contributed by atoms with Crippen molar-refractivity contribution < 1.29 is 13.2 Å². The number of ether oxygens (including phenoxy) is 1. The molecule has 0 bridgehead atoms. The van der Waals surface area contributed by atoms with E-state index in [0.29, 0.717) is 27.9 Å². The lowest BCUT2D eigenvalue weighted by Crippen LogP contribution is -2.46. The first-order chi connectivity index (χ1) is 9.73. The van der Waals surface area contributed by atoms with Gasteiger partial charge in [0, 0.05) is 24.6 Å². The minimum Gasteiger partial charge on any atom is -0.383 e. The Morgan fingerprint density at radius 3 is 2.71 bits per heavy atom. The second kappa shape index (κ2) is 6.64. The summed E-state index contributed by atoms with van der Waals surface area (Å²) in [5.74, 6) is 0. The minimum absolute atomic E-state index is 0.296. The third-order valence-corrected chi connectivity index (χ3v) is 7.00. The smallest absolute Gasteiger partial charge is 0.243 e. The van der Waals surface area contributed by atoms with Crippen molar-refractivity contribution in [1.29, 1.82) is 0 Å². The Hall–Kier alpha value is 0.01000. The SMILES string of the molecule is COCC(C)(C)NS(=O)(=O)c1cc(CNC2CC2)sc1Br. The molecule has 1 aliphatic carbocycles. The van der Waals surface area contributed by atoms with Crippen LogP contribution in [0.1, 0.15) is 31.6 Å². The quantitative estimate of drug-likeness (QED) is 0.707. The first-order valence-corrected chi connectivity index (χ1v) is 9.87. The molecule has 1 aromatic heterocycles. The summed E-state index contributed by atoms with van der Waals surface area (Å²) in [5, 5.41) is 3.39. The standard InChI is InChI=1S/C13H21BrN2O3S2/c1-13(2,8-19-3)16-21(17,18)11-6-10(20-12(11)14)7-15-9-4-5-9/h6,9,15-16H,4-5,7-8H2,1-3H3. The Morgan fingerprint density at radius 2 is 2.14 bits per heavy atom. The third kappa shape index (κ3) is 5.01. The summed E-state index contributed by atoms with van der Waals surface area (Å²) in [7, 11) is -2.01. The highest BCUT2D eigenvalue weighted by molar-refractivity contribution is 9.11. The lowest BCUT2D eigenvalue weighted by molar-refractivity contribution is 0.141. The molecule has 120 valence electrons. The summed E-state index contributed by atoms with van der Waals surface area (Å²) in [6.45, 7) is 4.61. The van der Waals surface area contributed by atoms with Gasteiger partial charge in [-0.15, -0.1) is 11.3 Å². The van der Waals surface area contributed by atoms with Gasteiger partial charge in [0.1, 0.15) is 4.90 Å². The van der Waals surface area contributed by atoms with E-state index in [1.807, 2.05) is 0 Å². The van der Waals surface area contributed by atoms with Gasteiger partial charge in [-0.05, 0) is 48.7 Å². The second-order valence-electron chi connectivity index (χ2n) is 5.93. The van der Waals surface area contributed by atoms with E-state index < -0.39 is 15.6 Å². The van der Waals surface area contributed by atoms with Crippen LogP contribution >= 0.6 is 27.3 Å². The van der Waals surface area contributed by atoms with Crippen molar-refractivity contribution in [3.05, 3.63) is 14.7 Å². The number of rotatable bonds is 8.